The summed E-state index contributed by atoms with van der Waals surface area (Å²) in [6.07, 6.45) is 3.27. The molecule has 0 atom stereocenters. The molecule has 0 aliphatic carbocycles. The largest absolute Gasteiger partial charge is 0.356 e. The fourth-order valence-electron chi connectivity index (χ4n) is 1.15. The van der Waals surface area contributed by atoms with Gasteiger partial charge in [0.1, 0.15) is 0 Å². The molecule has 0 aliphatic rings. The molecule has 0 aromatic rings. The molecule has 0 saturated heterocycles. The number of hydrogen-bond donors (Lipinski definition) is 2. The van der Waals surface area contributed by atoms with Crippen LogP contribution in [0.1, 0.15) is 41.0 Å². The van der Waals surface area contributed by atoms with Gasteiger partial charge in [0.15, 0.2) is 5.96 Å². The highest BCUT2D eigenvalue weighted by atomic mass is 32.2. The molecule has 0 aliphatic heterocycles. The van der Waals surface area contributed by atoms with E-state index in [-0.39, 0.29) is 4.75 Å². The number of guanidine groups is 1. The van der Waals surface area contributed by atoms with Crippen molar-refractivity contribution in [2.24, 2.45) is 10.4 Å². The molecular formula is C13H29N3S. The summed E-state index contributed by atoms with van der Waals surface area (Å²) >= 11 is 1.86. The molecule has 0 aromatic carbocycles. The van der Waals surface area contributed by atoms with E-state index in [4.69, 9.17) is 0 Å². The lowest BCUT2D eigenvalue weighted by Crippen LogP contribution is -2.43. The van der Waals surface area contributed by atoms with Gasteiger partial charge in [-0.2, -0.15) is 11.8 Å². The average molecular weight is 259 g/mol. The molecule has 4 heteroatoms. The van der Waals surface area contributed by atoms with E-state index in [1.165, 1.54) is 0 Å². The summed E-state index contributed by atoms with van der Waals surface area (Å²) in [7, 11) is 1.82. The van der Waals surface area contributed by atoms with E-state index >= 15 is 0 Å². The summed E-state index contributed by atoms with van der Waals surface area (Å²) in [4.78, 5) is 4.23. The van der Waals surface area contributed by atoms with E-state index in [9.17, 15) is 0 Å². The summed E-state index contributed by atoms with van der Waals surface area (Å²) in [5.41, 5.74) is 0.365. The third-order valence-electron chi connectivity index (χ3n) is 2.63. The van der Waals surface area contributed by atoms with Crippen LogP contribution < -0.4 is 10.6 Å². The average Bonchev–Trinajstić information content (AvgIpc) is 2.21. The summed E-state index contributed by atoms with van der Waals surface area (Å²) in [6.45, 7) is 13.1. The van der Waals surface area contributed by atoms with Crippen molar-refractivity contribution in [3.05, 3.63) is 0 Å². The summed E-state index contributed by atoms with van der Waals surface area (Å²) in [6, 6.07) is 0. The van der Waals surface area contributed by atoms with Crippen LogP contribution in [-0.2, 0) is 0 Å². The highest BCUT2D eigenvalue weighted by molar-refractivity contribution is 7.99. The number of aliphatic imine (C=N–C) groups is 1. The second-order valence-corrected chi connectivity index (χ2v) is 7.64. The smallest absolute Gasteiger partial charge is 0.191 e. The van der Waals surface area contributed by atoms with E-state index in [1.807, 2.05) is 18.8 Å². The van der Waals surface area contributed by atoms with Gasteiger partial charge in [0.25, 0.3) is 0 Å². The molecule has 3 nitrogen and oxygen atoms in total. The van der Waals surface area contributed by atoms with Crippen molar-refractivity contribution in [3.8, 4) is 0 Å². The van der Waals surface area contributed by atoms with Gasteiger partial charge >= 0.3 is 0 Å². The zero-order valence-corrected chi connectivity index (χ0v) is 13.3. The Bertz CT molecular complexity index is 242. The van der Waals surface area contributed by atoms with Gasteiger partial charge < -0.3 is 10.6 Å². The first kappa shape index (κ1) is 16.6. The zero-order chi connectivity index (χ0) is 13.5. The molecule has 0 bridgehead atoms. The third-order valence-corrected chi connectivity index (χ3v) is 3.87. The predicted octanol–water partition coefficient (Wildman–Crippen LogP) is 2.73. The van der Waals surface area contributed by atoms with E-state index in [1.54, 1.807) is 0 Å². The van der Waals surface area contributed by atoms with Crippen molar-refractivity contribution in [2.75, 3.05) is 26.4 Å². The Morgan fingerprint density at radius 2 is 1.71 bits per heavy atom. The SMILES string of the molecule is CN=C(NCCC(C)(C)C)NCC(C)(C)SC. The van der Waals surface area contributed by atoms with Crippen LogP contribution in [-0.4, -0.2) is 37.1 Å². The van der Waals surface area contributed by atoms with Crippen molar-refractivity contribution in [3.63, 3.8) is 0 Å². The molecule has 0 aromatic heterocycles. The number of hydrogen-bond acceptors (Lipinski definition) is 2. The lowest BCUT2D eigenvalue weighted by Gasteiger charge is -2.24. The molecule has 0 unspecified atom stereocenters. The molecular weight excluding hydrogens is 230 g/mol. The molecule has 0 rings (SSSR count). The van der Waals surface area contributed by atoms with Gasteiger partial charge in [0, 0.05) is 24.9 Å². The summed E-state index contributed by atoms with van der Waals surface area (Å²) in [5.74, 6) is 0.899. The molecule has 0 fully saturated rings. The lowest BCUT2D eigenvalue weighted by atomic mass is 9.92. The standard InChI is InChI=1S/C13H29N3S/c1-12(2,3)8-9-15-11(14-6)16-10-13(4,5)17-7/h8-10H2,1-7H3,(H2,14,15,16). The van der Waals surface area contributed by atoms with Crippen LogP contribution in [0.5, 0.6) is 0 Å². The van der Waals surface area contributed by atoms with Gasteiger partial charge in [-0.15, -0.1) is 0 Å². The first-order valence-corrected chi connectivity index (χ1v) is 7.42. The van der Waals surface area contributed by atoms with Crippen LogP contribution in [0.2, 0.25) is 0 Å². The molecule has 0 radical (unpaired) electrons. The minimum atomic E-state index is 0.238. The minimum Gasteiger partial charge on any atom is -0.356 e. The Morgan fingerprint density at radius 3 is 2.12 bits per heavy atom. The molecule has 2 N–H and O–H groups in total. The summed E-state index contributed by atoms with van der Waals surface area (Å²) in [5, 5.41) is 6.72. The van der Waals surface area contributed by atoms with Gasteiger partial charge in [-0.25, -0.2) is 0 Å². The van der Waals surface area contributed by atoms with Crippen molar-refractivity contribution in [1.82, 2.24) is 10.6 Å². The van der Waals surface area contributed by atoms with Crippen molar-refractivity contribution >= 4 is 17.7 Å². The van der Waals surface area contributed by atoms with E-state index in [2.05, 4.69) is 56.5 Å². The topological polar surface area (TPSA) is 36.4 Å². The van der Waals surface area contributed by atoms with Crippen molar-refractivity contribution in [1.29, 1.82) is 0 Å². The minimum absolute atomic E-state index is 0.238. The van der Waals surface area contributed by atoms with Gasteiger partial charge in [-0.3, -0.25) is 4.99 Å². The number of rotatable bonds is 5. The quantitative estimate of drug-likeness (QED) is 0.589. The van der Waals surface area contributed by atoms with Crippen LogP contribution in [0, 0.1) is 5.41 Å². The van der Waals surface area contributed by atoms with Crippen LogP contribution in [0.15, 0.2) is 4.99 Å². The van der Waals surface area contributed by atoms with Gasteiger partial charge in [-0.1, -0.05) is 20.8 Å². The fraction of sp³-hybridized carbons (Fsp3) is 0.923. The van der Waals surface area contributed by atoms with Crippen LogP contribution in [0.3, 0.4) is 0 Å². The Balaban J connectivity index is 3.95. The van der Waals surface area contributed by atoms with E-state index in [0.717, 1.165) is 25.5 Å². The molecule has 102 valence electrons. The molecule has 0 heterocycles. The first-order chi connectivity index (χ1) is 7.70. The Kier molecular flexibility index (Phi) is 6.98. The zero-order valence-electron chi connectivity index (χ0n) is 12.5. The Hall–Kier alpha value is -0.380. The maximum Gasteiger partial charge on any atom is 0.191 e. The molecule has 0 spiro atoms. The number of nitrogens with zero attached hydrogens (tertiary/aromatic N) is 1. The van der Waals surface area contributed by atoms with Gasteiger partial charge in [0.2, 0.25) is 0 Å². The number of nitrogens with one attached hydrogen (secondary N) is 2. The lowest BCUT2D eigenvalue weighted by molar-refractivity contribution is 0.377. The molecule has 0 amide bonds. The van der Waals surface area contributed by atoms with Crippen molar-refractivity contribution < 1.29 is 0 Å². The summed E-state index contributed by atoms with van der Waals surface area (Å²) < 4.78 is 0.238. The third kappa shape index (κ3) is 9.33. The predicted molar refractivity (Wildman–Crippen MR) is 81.0 cm³/mol. The van der Waals surface area contributed by atoms with E-state index < -0.39 is 0 Å². The Labute approximate surface area is 111 Å². The highest BCUT2D eigenvalue weighted by Gasteiger charge is 2.16. The van der Waals surface area contributed by atoms with E-state index in [0.29, 0.717) is 5.41 Å². The monoisotopic (exact) mass is 259 g/mol. The molecule has 0 saturated carbocycles. The maximum atomic E-state index is 4.23. The second-order valence-electron chi connectivity index (χ2n) is 6.13. The number of thioether (sulfide) groups is 1. The van der Waals surface area contributed by atoms with Gasteiger partial charge in [0.05, 0.1) is 0 Å². The maximum absolute atomic E-state index is 4.23. The van der Waals surface area contributed by atoms with Gasteiger partial charge in [-0.05, 0) is 31.9 Å². The van der Waals surface area contributed by atoms with Crippen LogP contribution >= 0.6 is 11.8 Å². The highest BCUT2D eigenvalue weighted by Crippen LogP contribution is 2.19. The van der Waals surface area contributed by atoms with Crippen molar-refractivity contribution in [2.45, 2.75) is 45.8 Å². The first-order valence-electron chi connectivity index (χ1n) is 6.20. The normalized spacial score (nSPS) is 13.7. The van der Waals surface area contributed by atoms with Crippen LogP contribution in [0.4, 0.5) is 0 Å². The Morgan fingerprint density at radius 1 is 1.12 bits per heavy atom. The second kappa shape index (κ2) is 7.14. The molecule has 17 heavy (non-hydrogen) atoms. The van der Waals surface area contributed by atoms with Crippen LogP contribution in [0.25, 0.3) is 0 Å². The fourth-order valence-corrected chi connectivity index (χ4v) is 1.36.